The van der Waals surface area contributed by atoms with Crippen molar-refractivity contribution in [3.63, 3.8) is 0 Å². The number of hydrogen-bond donors (Lipinski definition) is 0. The summed E-state index contributed by atoms with van der Waals surface area (Å²) < 4.78 is 7.54. The number of thioether (sulfide) groups is 1. The predicted octanol–water partition coefficient (Wildman–Crippen LogP) is 4.97. The van der Waals surface area contributed by atoms with Crippen LogP contribution in [-0.4, -0.2) is 41.2 Å². The number of rotatable bonds is 8. The zero-order valence-electron chi connectivity index (χ0n) is 11.9. The van der Waals surface area contributed by atoms with E-state index < -0.39 is 0 Å². The summed E-state index contributed by atoms with van der Waals surface area (Å²) in [7, 11) is 0. The summed E-state index contributed by atoms with van der Waals surface area (Å²) in [6, 6.07) is 1.95. The second kappa shape index (κ2) is 11.1. The summed E-state index contributed by atoms with van der Waals surface area (Å²) in [5.74, 6) is 3.22. The number of nitrogens with zero attached hydrogens (tertiary/aromatic N) is 2. The first-order chi connectivity index (χ1) is 9.75. The molecule has 7 heteroatoms. The lowest BCUT2D eigenvalue weighted by atomic mass is 10.2. The van der Waals surface area contributed by atoms with Crippen LogP contribution in [0, 0.1) is 0 Å². The average molecular weight is 461 g/mol. The normalized spacial score (nSPS) is 15.0. The van der Waals surface area contributed by atoms with Crippen molar-refractivity contribution in [3.05, 3.63) is 21.2 Å². The van der Waals surface area contributed by atoms with E-state index in [-0.39, 0.29) is 12.4 Å². The fourth-order valence-electron chi connectivity index (χ4n) is 2.10. The van der Waals surface area contributed by atoms with E-state index in [1.165, 1.54) is 44.0 Å². The highest BCUT2D eigenvalue weighted by atomic mass is 79.9. The number of ether oxygens (including phenoxy) is 1. The molecule has 0 aromatic carbocycles. The molecule has 1 aromatic rings. The molecule has 0 bridgehead atoms. The number of halogens is 3. The van der Waals surface area contributed by atoms with Crippen LogP contribution in [0.1, 0.15) is 25.7 Å². The van der Waals surface area contributed by atoms with Crippen LogP contribution in [0.25, 0.3) is 0 Å². The fraction of sp³-hybridized carbons (Fsp3) is 0.643. The van der Waals surface area contributed by atoms with Crippen LogP contribution in [0.15, 0.2) is 21.2 Å². The first-order valence-corrected chi connectivity index (χ1v) is 9.74. The molecule has 0 amide bonds. The van der Waals surface area contributed by atoms with E-state index in [0.717, 1.165) is 22.0 Å². The van der Waals surface area contributed by atoms with Gasteiger partial charge in [0.1, 0.15) is 0 Å². The molecule has 21 heavy (non-hydrogen) atoms. The van der Waals surface area contributed by atoms with Gasteiger partial charge in [-0.25, -0.2) is 4.98 Å². The van der Waals surface area contributed by atoms with Crippen LogP contribution in [0.2, 0.25) is 0 Å². The Morgan fingerprint density at radius 3 is 2.76 bits per heavy atom. The predicted molar refractivity (Wildman–Crippen MR) is 99.7 cm³/mol. The van der Waals surface area contributed by atoms with Crippen LogP contribution in [0.5, 0.6) is 5.88 Å². The molecule has 1 aliphatic heterocycles. The summed E-state index contributed by atoms with van der Waals surface area (Å²) in [5, 5.41) is 0. The molecule has 2 heterocycles. The Labute approximate surface area is 154 Å². The summed E-state index contributed by atoms with van der Waals surface area (Å²) in [6.45, 7) is 3.28. The molecule has 2 rings (SSSR count). The topological polar surface area (TPSA) is 25.4 Å². The Hall–Kier alpha value is 0.510. The van der Waals surface area contributed by atoms with E-state index in [0.29, 0.717) is 5.88 Å². The van der Waals surface area contributed by atoms with E-state index in [1.54, 1.807) is 6.20 Å². The minimum atomic E-state index is 0. The van der Waals surface area contributed by atoms with Gasteiger partial charge in [-0.15, -0.1) is 24.2 Å². The molecule has 0 atom stereocenters. The van der Waals surface area contributed by atoms with Gasteiger partial charge in [-0.05, 0) is 57.3 Å². The SMILES string of the molecule is Brc1cnc(OCCCCCCN2CCSC2)c(Br)c1.Cl. The van der Waals surface area contributed by atoms with E-state index in [1.807, 2.05) is 17.8 Å². The molecule has 0 unspecified atom stereocenters. The van der Waals surface area contributed by atoms with Crippen LogP contribution < -0.4 is 4.74 Å². The Balaban J connectivity index is 0.00000220. The Morgan fingerprint density at radius 2 is 2.05 bits per heavy atom. The first kappa shape index (κ1) is 19.6. The molecule has 1 aromatic heterocycles. The van der Waals surface area contributed by atoms with Crippen LogP contribution in [0.4, 0.5) is 0 Å². The molecule has 3 nitrogen and oxygen atoms in total. The largest absolute Gasteiger partial charge is 0.477 e. The molecule has 120 valence electrons. The van der Waals surface area contributed by atoms with Crippen molar-refractivity contribution in [1.29, 1.82) is 0 Å². The second-order valence-electron chi connectivity index (χ2n) is 4.86. The third-order valence-electron chi connectivity index (χ3n) is 3.21. The van der Waals surface area contributed by atoms with Gasteiger partial charge in [-0.1, -0.05) is 12.8 Å². The molecule has 1 aliphatic rings. The third-order valence-corrected chi connectivity index (χ3v) is 5.23. The molecule has 0 saturated carbocycles. The fourth-order valence-corrected chi connectivity index (χ4v) is 4.23. The number of pyridine rings is 1. The van der Waals surface area contributed by atoms with Crippen molar-refractivity contribution in [2.24, 2.45) is 0 Å². The van der Waals surface area contributed by atoms with Gasteiger partial charge < -0.3 is 4.74 Å². The molecule has 1 saturated heterocycles. The zero-order chi connectivity index (χ0) is 14.2. The van der Waals surface area contributed by atoms with Gasteiger partial charge in [0.25, 0.3) is 0 Å². The zero-order valence-corrected chi connectivity index (χ0v) is 16.7. The van der Waals surface area contributed by atoms with Gasteiger partial charge in [-0.3, -0.25) is 4.90 Å². The summed E-state index contributed by atoms with van der Waals surface area (Å²) >= 11 is 8.88. The lowest BCUT2D eigenvalue weighted by molar-refractivity contribution is 0.287. The molecule has 1 fully saturated rings. The van der Waals surface area contributed by atoms with Crippen molar-refractivity contribution in [2.75, 3.05) is 31.3 Å². The smallest absolute Gasteiger partial charge is 0.228 e. The maximum Gasteiger partial charge on any atom is 0.228 e. The third kappa shape index (κ3) is 7.55. The monoisotopic (exact) mass is 458 g/mol. The summed E-state index contributed by atoms with van der Waals surface area (Å²) in [5.41, 5.74) is 0. The number of unbranched alkanes of at least 4 members (excludes halogenated alkanes) is 3. The minimum absolute atomic E-state index is 0. The molecule has 0 spiro atoms. The van der Waals surface area contributed by atoms with Crippen LogP contribution in [0.3, 0.4) is 0 Å². The molecule has 0 aliphatic carbocycles. The molecule has 0 radical (unpaired) electrons. The van der Waals surface area contributed by atoms with Gasteiger partial charge >= 0.3 is 0 Å². The van der Waals surface area contributed by atoms with Gasteiger partial charge in [0.2, 0.25) is 5.88 Å². The van der Waals surface area contributed by atoms with E-state index in [9.17, 15) is 0 Å². The Kier molecular flexibility index (Phi) is 10.3. The molecular weight excluding hydrogens is 439 g/mol. The first-order valence-electron chi connectivity index (χ1n) is 6.99. The van der Waals surface area contributed by atoms with Crippen molar-refractivity contribution in [3.8, 4) is 5.88 Å². The van der Waals surface area contributed by atoms with Gasteiger partial charge in [0.15, 0.2) is 0 Å². The second-order valence-corrected chi connectivity index (χ2v) is 7.70. The van der Waals surface area contributed by atoms with Crippen molar-refractivity contribution in [1.82, 2.24) is 9.88 Å². The number of hydrogen-bond acceptors (Lipinski definition) is 4. The molecular formula is C14H21Br2ClN2OS. The van der Waals surface area contributed by atoms with Crippen molar-refractivity contribution >= 4 is 56.0 Å². The average Bonchev–Trinajstić information content (AvgIpc) is 2.93. The lowest BCUT2D eigenvalue weighted by Gasteiger charge is -2.13. The maximum atomic E-state index is 5.68. The number of aromatic nitrogens is 1. The molecule has 0 N–H and O–H groups in total. The van der Waals surface area contributed by atoms with E-state index in [4.69, 9.17) is 4.74 Å². The lowest BCUT2D eigenvalue weighted by Crippen LogP contribution is -2.20. The minimum Gasteiger partial charge on any atom is -0.477 e. The Bertz CT molecular complexity index is 420. The highest BCUT2D eigenvalue weighted by Crippen LogP contribution is 2.25. The highest BCUT2D eigenvalue weighted by molar-refractivity contribution is 9.11. The standard InChI is InChI=1S/C14H20Br2N2OS.ClH/c15-12-9-13(16)14(17-10-12)19-7-4-2-1-3-5-18-6-8-20-11-18;/h9-10H,1-8,11H2;1H. The van der Waals surface area contributed by atoms with Crippen LogP contribution in [-0.2, 0) is 0 Å². The van der Waals surface area contributed by atoms with Gasteiger partial charge in [0.05, 0.1) is 11.1 Å². The highest BCUT2D eigenvalue weighted by Gasteiger charge is 2.10. The quantitative estimate of drug-likeness (QED) is 0.511. The van der Waals surface area contributed by atoms with E-state index in [2.05, 4.69) is 41.7 Å². The Morgan fingerprint density at radius 1 is 1.24 bits per heavy atom. The van der Waals surface area contributed by atoms with Crippen LogP contribution >= 0.6 is 56.0 Å². The van der Waals surface area contributed by atoms with E-state index >= 15 is 0 Å². The van der Waals surface area contributed by atoms with Crippen molar-refractivity contribution in [2.45, 2.75) is 25.7 Å². The van der Waals surface area contributed by atoms with Crippen molar-refractivity contribution < 1.29 is 4.74 Å². The van der Waals surface area contributed by atoms with Gasteiger partial charge in [0, 0.05) is 28.8 Å². The summed E-state index contributed by atoms with van der Waals surface area (Å²) in [4.78, 5) is 6.78. The van der Waals surface area contributed by atoms with Gasteiger partial charge in [-0.2, -0.15) is 0 Å². The maximum absolute atomic E-state index is 5.68. The summed E-state index contributed by atoms with van der Waals surface area (Å²) in [6.07, 6.45) is 6.68.